The molecule has 1 amide bonds. The summed E-state index contributed by atoms with van der Waals surface area (Å²) in [7, 11) is 0. The van der Waals surface area contributed by atoms with Gasteiger partial charge in [0.2, 0.25) is 5.91 Å². The number of amides is 1. The number of allylic oxidation sites excluding steroid dienone is 1. The van der Waals surface area contributed by atoms with Crippen molar-refractivity contribution in [3.8, 4) is 5.75 Å². The van der Waals surface area contributed by atoms with Crippen LogP contribution in [0.1, 0.15) is 31.2 Å². The van der Waals surface area contributed by atoms with Crippen LogP contribution in [0.15, 0.2) is 84.5 Å². The highest BCUT2D eigenvalue weighted by atomic mass is 32.2. The maximum absolute atomic E-state index is 12.6. The van der Waals surface area contributed by atoms with Crippen molar-refractivity contribution in [1.82, 2.24) is 14.8 Å². The Morgan fingerprint density at radius 2 is 1.85 bits per heavy atom. The van der Waals surface area contributed by atoms with Gasteiger partial charge in [-0.15, -0.1) is 16.8 Å². The minimum Gasteiger partial charge on any atom is -0.485 e. The van der Waals surface area contributed by atoms with Gasteiger partial charge in [0.25, 0.3) is 0 Å². The normalized spacial score (nSPS) is 11.0. The number of nitrogens with zero attached hydrogens (tertiary/aromatic N) is 3. The number of ether oxygens (including phenoxy) is 1. The molecule has 0 aliphatic heterocycles. The fraction of sp³-hybridized carbons (Fsp3) is 0.222. The Bertz CT molecular complexity index is 1290. The van der Waals surface area contributed by atoms with E-state index >= 15 is 0 Å². The number of benzene rings is 3. The van der Waals surface area contributed by atoms with Crippen molar-refractivity contribution in [2.45, 2.75) is 38.1 Å². The fourth-order valence-corrected chi connectivity index (χ4v) is 4.51. The number of anilines is 1. The molecule has 0 atom stereocenters. The fourth-order valence-electron chi connectivity index (χ4n) is 3.74. The summed E-state index contributed by atoms with van der Waals surface area (Å²) in [6.07, 6.45) is 1.79. The van der Waals surface area contributed by atoms with Gasteiger partial charge in [-0.1, -0.05) is 86.3 Å². The number of hydrogen-bond acceptors (Lipinski definition) is 5. The number of aromatic nitrogens is 3. The topological polar surface area (TPSA) is 69.0 Å². The first-order valence-electron chi connectivity index (χ1n) is 11.2. The molecule has 34 heavy (non-hydrogen) atoms. The predicted octanol–water partition coefficient (Wildman–Crippen LogP) is 6.05. The van der Waals surface area contributed by atoms with E-state index < -0.39 is 0 Å². The minimum absolute atomic E-state index is 0.0835. The molecule has 174 valence electrons. The molecule has 0 spiro atoms. The van der Waals surface area contributed by atoms with Crippen molar-refractivity contribution in [2.24, 2.45) is 0 Å². The van der Waals surface area contributed by atoms with Crippen LogP contribution < -0.4 is 10.1 Å². The second-order valence-corrected chi connectivity index (χ2v) is 9.09. The van der Waals surface area contributed by atoms with Crippen LogP contribution >= 0.6 is 11.8 Å². The monoisotopic (exact) mass is 472 g/mol. The molecule has 4 aromatic rings. The van der Waals surface area contributed by atoms with Crippen LogP contribution in [0.3, 0.4) is 0 Å². The summed E-state index contributed by atoms with van der Waals surface area (Å²) in [5, 5.41) is 14.5. The highest BCUT2D eigenvalue weighted by Gasteiger charge is 2.16. The lowest BCUT2D eigenvalue weighted by atomic mass is 10.0. The second kappa shape index (κ2) is 11.0. The van der Waals surface area contributed by atoms with Crippen molar-refractivity contribution >= 4 is 34.1 Å². The molecular weight excluding hydrogens is 444 g/mol. The zero-order valence-corrected chi connectivity index (χ0v) is 20.2. The van der Waals surface area contributed by atoms with E-state index in [0.29, 0.717) is 23.4 Å². The number of carbonyl (C=O) groups is 1. The number of rotatable bonds is 10. The molecule has 0 radical (unpaired) electrons. The van der Waals surface area contributed by atoms with Crippen molar-refractivity contribution in [3.63, 3.8) is 0 Å². The van der Waals surface area contributed by atoms with Gasteiger partial charge in [0.1, 0.15) is 12.4 Å². The molecule has 0 saturated heterocycles. The quantitative estimate of drug-likeness (QED) is 0.225. The molecular formula is C27H28N4O2S. The maximum Gasteiger partial charge on any atom is 0.234 e. The van der Waals surface area contributed by atoms with Crippen LogP contribution in [0.5, 0.6) is 5.75 Å². The molecule has 0 aliphatic carbocycles. The third-order valence-electron chi connectivity index (χ3n) is 5.40. The number of para-hydroxylation sites is 1. The third kappa shape index (κ3) is 5.48. The van der Waals surface area contributed by atoms with Crippen LogP contribution in [0.2, 0.25) is 0 Å². The molecule has 4 rings (SSSR count). The zero-order chi connectivity index (χ0) is 23.9. The molecule has 3 aromatic carbocycles. The summed E-state index contributed by atoms with van der Waals surface area (Å²) in [4.78, 5) is 12.6. The summed E-state index contributed by atoms with van der Waals surface area (Å²) in [5.41, 5.74) is 1.96. The van der Waals surface area contributed by atoms with E-state index in [1.807, 2.05) is 59.2 Å². The minimum atomic E-state index is -0.0835. The van der Waals surface area contributed by atoms with E-state index in [0.717, 1.165) is 27.8 Å². The van der Waals surface area contributed by atoms with Gasteiger partial charge >= 0.3 is 0 Å². The molecule has 0 aliphatic rings. The number of carbonyl (C=O) groups excluding carboxylic acids is 1. The SMILES string of the molecule is C=CCn1c(COc2cccc3ccccc23)nnc1SCC(=O)Nc1ccccc1C(C)C. The Kier molecular flexibility index (Phi) is 7.65. The summed E-state index contributed by atoms with van der Waals surface area (Å²) >= 11 is 1.35. The standard InChI is InChI=1S/C27H28N4O2S/c1-4-16-31-25(17-33-24-15-9-11-20-10-5-6-13-22(20)24)29-30-27(31)34-18-26(32)28-23-14-8-7-12-21(23)19(2)3/h4-15,19H,1,16-18H2,2-3H3,(H,28,32). The molecule has 1 aromatic heterocycles. The van der Waals surface area contributed by atoms with E-state index in [-0.39, 0.29) is 18.3 Å². The van der Waals surface area contributed by atoms with Crippen molar-refractivity contribution < 1.29 is 9.53 Å². The second-order valence-electron chi connectivity index (χ2n) is 8.14. The van der Waals surface area contributed by atoms with Gasteiger partial charge in [0.15, 0.2) is 11.0 Å². The van der Waals surface area contributed by atoms with Crippen LogP contribution in [-0.2, 0) is 17.9 Å². The predicted molar refractivity (Wildman–Crippen MR) is 138 cm³/mol. The molecule has 0 unspecified atom stereocenters. The van der Waals surface area contributed by atoms with Crippen molar-refractivity contribution in [1.29, 1.82) is 0 Å². The van der Waals surface area contributed by atoms with Crippen LogP contribution in [-0.4, -0.2) is 26.4 Å². The molecule has 1 heterocycles. The Balaban J connectivity index is 1.43. The largest absolute Gasteiger partial charge is 0.485 e. The Labute approximate surface area is 204 Å². The number of nitrogens with one attached hydrogen (secondary N) is 1. The molecule has 1 N–H and O–H groups in total. The summed E-state index contributed by atoms with van der Waals surface area (Å²) in [6, 6.07) is 22.0. The highest BCUT2D eigenvalue weighted by Crippen LogP contribution is 2.27. The Morgan fingerprint density at radius 3 is 2.68 bits per heavy atom. The average Bonchev–Trinajstić information content (AvgIpc) is 3.23. The number of hydrogen-bond donors (Lipinski definition) is 1. The van der Waals surface area contributed by atoms with Crippen LogP contribution in [0.25, 0.3) is 10.8 Å². The lowest BCUT2D eigenvalue weighted by molar-refractivity contribution is -0.113. The smallest absolute Gasteiger partial charge is 0.234 e. The first-order chi connectivity index (χ1) is 16.6. The third-order valence-corrected chi connectivity index (χ3v) is 6.37. The molecule has 0 bridgehead atoms. The van der Waals surface area contributed by atoms with Crippen LogP contribution in [0.4, 0.5) is 5.69 Å². The number of thioether (sulfide) groups is 1. The van der Waals surface area contributed by atoms with Crippen LogP contribution in [0, 0.1) is 0 Å². The van der Waals surface area contributed by atoms with Gasteiger partial charge in [-0.3, -0.25) is 9.36 Å². The zero-order valence-electron chi connectivity index (χ0n) is 19.4. The van der Waals surface area contributed by atoms with Gasteiger partial charge in [0.05, 0.1) is 5.75 Å². The highest BCUT2D eigenvalue weighted by molar-refractivity contribution is 7.99. The lowest BCUT2D eigenvalue weighted by Crippen LogP contribution is -2.16. The molecule has 0 saturated carbocycles. The van der Waals surface area contributed by atoms with E-state index in [9.17, 15) is 4.79 Å². The van der Waals surface area contributed by atoms with Gasteiger partial charge < -0.3 is 10.1 Å². The summed E-state index contributed by atoms with van der Waals surface area (Å²) < 4.78 is 8.03. The summed E-state index contributed by atoms with van der Waals surface area (Å²) in [6.45, 7) is 8.87. The van der Waals surface area contributed by atoms with Gasteiger partial charge in [-0.2, -0.15) is 0 Å². The summed E-state index contributed by atoms with van der Waals surface area (Å²) in [5.74, 6) is 1.94. The average molecular weight is 473 g/mol. The van der Waals surface area contributed by atoms with Crippen molar-refractivity contribution in [2.75, 3.05) is 11.1 Å². The first-order valence-corrected chi connectivity index (χ1v) is 12.2. The first kappa shape index (κ1) is 23.6. The van der Waals surface area contributed by atoms with E-state index in [1.165, 1.54) is 11.8 Å². The van der Waals surface area contributed by atoms with E-state index in [4.69, 9.17) is 4.74 Å². The van der Waals surface area contributed by atoms with E-state index in [1.54, 1.807) is 6.08 Å². The maximum atomic E-state index is 12.6. The lowest BCUT2D eigenvalue weighted by Gasteiger charge is -2.13. The molecule has 6 nitrogen and oxygen atoms in total. The van der Waals surface area contributed by atoms with Gasteiger partial charge in [-0.25, -0.2) is 0 Å². The van der Waals surface area contributed by atoms with E-state index in [2.05, 4.69) is 48.1 Å². The van der Waals surface area contributed by atoms with Gasteiger partial charge in [0, 0.05) is 17.6 Å². The Hall–Kier alpha value is -3.58. The Morgan fingerprint density at radius 1 is 1.09 bits per heavy atom. The number of fused-ring (bicyclic) bond motifs is 1. The van der Waals surface area contributed by atoms with Crippen molar-refractivity contribution in [3.05, 3.63) is 90.8 Å². The van der Waals surface area contributed by atoms with Gasteiger partial charge in [-0.05, 0) is 29.0 Å². The molecule has 7 heteroatoms. The molecule has 0 fully saturated rings.